The molecule has 2 aromatic heterocycles. The van der Waals surface area contributed by atoms with Crippen molar-refractivity contribution in [2.24, 2.45) is 0 Å². The van der Waals surface area contributed by atoms with Gasteiger partial charge >= 0.3 is 4.87 Å². The van der Waals surface area contributed by atoms with Crippen molar-refractivity contribution < 1.29 is 18.1 Å². The number of nitrogens with zero attached hydrogens (tertiary/aromatic N) is 2. The van der Waals surface area contributed by atoms with E-state index in [1.54, 1.807) is 5.38 Å². The third-order valence-corrected chi connectivity index (χ3v) is 3.89. The minimum absolute atomic E-state index is 0.0510. The Bertz CT molecular complexity index is 910. The van der Waals surface area contributed by atoms with Gasteiger partial charge in [-0.25, -0.2) is 4.39 Å². The lowest BCUT2D eigenvalue weighted by atomic mass is 10.1. The second kappa shape index (κ2) is 4.88. The highest BCUT2D eigenvalue weighted by Gasteiger charge is 2.22. The van der Waals surface area contributed by atoms with Gasteiger partial charge < -0.3 is 4.52 Å². The molecule has 0 aliphatic rings. The van der Waals surface area contributed by atoms with E-state index in [9.17, 15) is 18.4 Å². The summed E-state index contributed by atoms with van der Waals surface area (Å²) in [6, 6.07) is 1.12. The molecule has 0 spiro atoms. The molecule has 3 rings (SSSR count). The number of carbonyl (C=O) groups excluding carboxylic acids is 1. The molecular weight excluding hydrogens is 302 g/mol. The summed E-state index contributed by atoms with van der Waals surface area (Å²) in [6.07, 6.45) is 0.753. The maximum absolute atomic E-state index is 13.8. The van der Waals surface area contributed by atoms with Crippen molar-refractivity contribution in [2.75, 3.05) is 0 Å². The van der Waals surface area contributed by atoms with E-state index in [2.05, 4.69) is 5.16 Å². The van der Waals surface area contributed by atoms with E-state index in [1.807, 2.05) is 6.92 Å². The Morgan fingerprint density at radius 3 is 2.86 bits per heavy atom. The van der Waals surface area contributed by atoms with Gasteiger partial charge in [-0.05, 0) is 12.5 Å². The van der Waals surface area contributed by atoms with Crippen LogP contribution in [0.3, 0.4) is 0 Å². The van der Waals surface area contributed by atoms with Crippen LogP contribution in [-0.4, -0.2) is 16.0 Å². The number of aromatic nitrogens is 2. The highest BCUT2D eigenvalue weighted by Crippen LogP contribution is 2.28. The fourth-order valence-corrected chi connectivity index (χ4v) is 2.89. The SMILES string of the molecule is CCc1csc(=O)n1-c1noc2c(F)c(F)c(C=O)cc12. The van der Waals surface area contributed by atoms with Crippen LogP contribution < -0.4 is 4.87 Å². The van der Waals surface area contributed by atoms with Crippen molar-refractivity contribution in [3.63, 3.8) is 0 Å². The smallest absolute Gasteiger partial charge is 0.313 e. The lowest BCUT2D eigenvalue weighted by molar-refractivity contribution is 0.111. The number of carbonyl (C=O) groups is 1. The number of aryl methyl sites for hydroxylation is 1. The fourth-order valence-electron chi connectivity index (χ4n) is 2.07. The minimum atomic E-state index is -1.30. The summed E-state index contributed by atoms with van der Waals surface area (Å²) >= 11 is 0.968. The quantitative estimate of drug-likeness (QED) is 0.698. The number of halogens is 2. The first-order valence-corrected chi connectivity index (χ1v) is 6.88. The van der Waals surface area contributed by atoms with Crippen LogP contribution in [0, 0.1) is 11.6 Å². The highest BCUT2D eigenvalue weighted by atomic mass is 32.1. The van der Waals surface area contributed by atoms with Crippen LogP contribution in [0.5, 0.6) is 0 Å². The molecule has 21 heavy (non-hydrogen) atoms. The molecule has 8 heteroatoms. The topological polar surface area (TPSA) is 65.1 Å². The average molecular weight is 310 g/mol. The Labute approximate surface area is 120 Å². The molecule has 0 N–H and O–H groups in total. The van der Waals surface area contributed by atoms with E-state index in [4.69, 9.17) is 4.52 Å². The molecule has 0 saturated carbocycles. The Morgan fingerprint density at radius 1 is 1.43 bits per heavy atom. The third kappa shape index (κ3) is 1.90. The van der Waals surface area contributed by atoms with E-state index in [-0.39, 0.29) is 22.4 Å². The van der Waals surface area contributed by atoms with Gasteiger partial charge in [-0.1, -0.05) is 23.4 Å². The summed E-state index contributed by atoms with van der Waals surface area (Å²) in [5, 5.41) is 5.39. The van der Waals surface area contributed by atoms with Crippen LogP contribution in [0.1, 0.15) is 23.0 Å². The molecule has 0 fully saturated rings. The molecule has 0 radical (unpaired) electrons. The van der Waals surface area contributed by atoms with Gasteiger partial charge in [0.15, 0.2) is 17.9 Å². The zero-order valence-electron chi connectivity index (χ0n) is 10.7. The monoisotopic (exact) mass is 310 g/mol. The van der Waals surface area contributed by atoms with Crippen LogP contribution in [0.4, 0.5) is 8.78 Å². The largest absolute Gasteiger partial charge is 0.351 e. The Morgan fingerprint density at radius 2 is 2.19 bits per heavy atom. The summed E-state index contributed by atoms with van der Waals surface area (Å²) in [7, 11) is 0. The molecule has 5 nitrogen and oxygen atoms in total. The Kier molecular flexibility index (Phi) is 3.17. The van der Waals surface area contributed by atoms with Crippen molar-refractivity contribution in [3.05, 3.63) is 44.0 Å². The molecule has 108 valence electrons. The maximum atomic E-state index is 13.8. The van der Waals surface area contributed by atoms with Crippen molar-refractivity contribution in [1.82, 2.24) is 9.72 Å². The standard InChI is InChI=1S/C13H8F2N2O3S/c1-2-7-5-21-13(19)17(7)12-8-3-6(4-18)9(14)10(15)11(8)20-16-12/h3-5H,2H2,1H3. The molecule has 1 aromatic carbocycles. The van der Waals surface area contributed by atoms with Gasteiger partial charge in [-0.2, -0.15) is 4.39 Å². The molecule has 3 aromatic rings. The zero-order chi connectivity index (χ0) is 15.1. The molecule has 0 bridgehead atoms. The molecule has 0 unspecified atom stereocenters. The van der Waals surface area contributed by atoms with E-state index in [0.717, 1.165) is 17.4 Å². The Hall–Kier alpha value is -2.35. The van der Waals surface area contributed by atoms with Crippen molar-refractivity contribution in [2.45, 2.75) is 13.3 Å². The average Bonchev–Trinajstić information content (AvgIpc) is 3.05. The molecule has 0 atom stereocenters. The van der Waals surface area contributed by atoms with Gasteiger partial charge in [0.05, 0.1) is 10.9 Å². The van der Waals surface area contributed by atoms with Gasteiger partial charge in [-0.15, -0.1) is 0 Å². The first kappa shape index (κ1) is 13.6. The van der Waals surface area contributed by atoms with Crippen LogP contribution in [0.15, 0.2) is 20.8 Å². The number of aldehydes is 1. The van der Waals surface area contributed by atoms with E-state index in [1.165, 1.54) is 4.57 Å². The highest BCUT2D eigenvalue weighted by molar-refractivity contribution is 7.07. The summed E-state index contributed by atoms with van der Waals surface area (Å²) in [4.78, 5) is 22.4. The summed E-state index contributed by atoms with van der Waals surface area (Å²) in [5.41, 5.74) is -0.211. The van der Waals surface area contributed by atoms with Crippen molar-refractivity contribution in [3.8, 4) is 5.82 Å². The zero-order valence-corrected chi connectivity index (χ0v) is 11.5. The van der Waals surface area contributed by atoms with E-state index >= 15 is 0 Å². The molecule has 0 amide bonds. The molecule has 0 aliphatic heterocycles. The molecule has 2 heterocycles. The van der Waals surface area contributed by atoms with Crippen LogP contribution >= 0.6 is 11.3 Å². The number of hydrogen-bond acceptors (Lipinski definition) is 5. The molecular formula is C13H8F2N2O3S. The number of benzene rings is 1. The first-order chi connectivity index (χ1) is 10.1. The van der Waals surface area contributed by atoms with Crippen LogP contribution in [0.25, 0.3) is 16.8 Å². The number of fused-ring (bicyclic) bond motifs is 1. The van der Waals surface area contributed by atoms with E-state index < -0.39 is 22.8 Å². The molecule has 0 saturated heterocycles. The van der Waals surface area contributed by atoms with Crippen LogP contribution in [0.2, 0.25) is 0 Å². The predicted octanol–water partition coefficient (Wildman–Crippen LogP) is 2.69. The summed E-state index contributed by atoms with van der Waals surface area (Å²) in [6.45, 7) is 1.84. The number of thiazole rings is 1. The first-order valence-electron chi connectivity index (χ1n) is 6.00. The third-order valence-electron chi connectivity index (χ3n) is 3.12. The fraction of sp³-hybridized carbons (Fsp3) is 0.154. The maximum Gasteiger partial charge on any atom is 0.313 e. The van der Waals surface area contributed by atoms with Crippen molar-refractivity contribution in [1.29, 1.82) is 0 Å². The number of hydrogen-bond donors (Lipinski definition) is 0. The van der Waals surface area contributed by atoms with Crippen LogP contribution in [-0.2, 0) is 6.42 Å². The predicted molar refractivity (Wildman–Crippen MR) is 72.2 cm³/mol. The van der Waals surface area contributed by atoms with Gasteiger partial charge in [0.2, 0.25) is 11.4 Å². The Balaban J connectivity index is 2.40. The number of rotatable bonds is 3. The van der Waals surface area contributed by atoms with Crippen molar-refractivity contribution >= 4 is 28.6 Å². The minimum Gasteiger partial charge on any atom is -0.351 e. The second-order valence-corrected chi connectivity index (χ2v) is 5.10. The second-order valence-electron chi connectivity index (χ2n) is 4.28. The normalized spacial score (nSPS) is 11.2. The van der Waals surface area contributed by atoms with Gasteiger partial charge in [-0.3, -0.25) is 14.2 Å². The lowest BCUT2D eigenvalue weighted by Crippen LogP contribution is -2.14. The summed E-state index contributed by atoms with van der Waals surface area (Å²) in [5.74, 6) is -2.54. The lowest BCUT2D eigenvalue weighted by Gasteiger charge is -2.02. The van der Waals surface area contributed by atoms with Gasteiger partial charge in [0.1, 0.15) is 0 Å². The van der Waals surface area contributed by atoms with E-state index in [0.29, 0.717) is 12.1 Å². The summed E-state index contributed by atoms with van der Waals surface area (Å²) < 4.78 is 33.4. The molecule has 0 aliphatic carbocycles. The van der Waals surface area contributed by atoms with Gasteiger partial charge in [0.25, 0.3) is 0 Å². The van der Waals surface area contributed by atoms with Gasteiger partial charge in [0, 0.05) is 11.1 Å².